The number of anilines is 1. The summed E-state index contributed by atoms with van der Waals surface area (Å²) in [4.78, 5) is 6.87. The maximum Gasteiger partial charge on any atom is 1.00 e. The van der Waals surface area contributed by atoms with Crippen LogP contribution in [0.25, 0.3) is 5.32 Å². The Morgan fingerprint density at radius 1 is 1.28 bits per heavy atom. The first-order valence-electron chi connectivity index (χ1n) is 9.09. The van der Waals surface area contributed by atoms with E-state index in [-0.39, 0.29) is 70.3 Å². The maximum atomic E-state index is 14.4. The van der Waals surface area contributed by atoms with Crippen LogP contribution in [-0.4, -0.2) is 36.3 Å². The van der Waals surface area contributed by atoms with Crippen molar-refractivity contribution in [3.8, 4) is 0 Å². The van der Waals surface area contributed by atoms with Gasteiger partial charge in [0.25, 0.3) is 0 Å². The summed E-state index contributed by atoms with van der Waals surface area (Å²) in [5, 5.41) is 17.2. The first-order chi connectivity index (χ1) is 13.6. The van der Waals surface area contributed by atoms with Crippen molar-refractivity contribution in [3.05, 3.63) is 70.0 Å². The molecule has 9 heteroatoms. The molecule has 0 saturated heterocycles. The molecule has 0 amide bonds. The number of aromatic nitrogens is 2. The van der Waals surface area contributed by atoms with Crippen LogP contribution >= 0.6 is 0 Å². The molecule has 0 saturated carbocycles. The second-order valence-corrected chi connectivity index (χ2v) is 5.77. The molecule has 1 aliphatic rings. The second-order valence-electron chi connectivity index (χ2n) is 5.77. The van der Waals surface area contributed by atoms with E-state index in [4.69, 9.17) is 5.41 Å². The standard InChI is InChI=1S/C18H19F2N6.C2H6.K/c1-22-18-14(7-21)13(9-25-18)6-11-2-3-16(26-17(11)20)24-8-12-4-5-23-10-15(12)19;1-2;/h2-5,7,9,21,23,25H,6,8,10H2,1H3,(H,24,26);1-2H3;/q-1;;+1. The molecule has 0 unspecified atom stereocenters. The largest absolute Gasteiger partial charge is 1.00 e. The van der Waals surface area contributed by atoms with Crippen LogP contribution in [0.4, 0.5) is 20.4 Å². The van der Waals surface area contributed by atoms with Crippen LogP contribution in [0.15, 0.2) is 42.0 Å². The third kappa shape index (κ3) is 6.75. The van der Waals surface area contributed by atoms with Gasteiger partial charge in [0.15, 0.2) is 0 Å². The SMILES string of the molecule is CC.C[N-]c1[nH]cc(Cc2ccc(NCC3=C(F)CNC=C3)nc2F)c1C=N.[K+]. The third-order valence-electron chi connectivity index (χ3n) is 4.13. The van der Waals surface area contributed by atoms with Gasteiger partial charge in [0.2, 0.25) is 5.95 Å². The van der Waals surface area contributed by atoms with E-state index in [9.17, 15) is 8.78 Å². The Hall–Kier alpha value is -1.52. The van der Waals surface area contributed by atoms with Crippen LogP contribution in [0.2, 0.25) is 0 Å². The number of nitrogens with zero attached hydrogens (tertiary/aromatic N) is 2. The molecule has 1 aliphatic heterocycles. The van der Waals surface area contributed by atoms with Gasteiger partial charge in [-0.2, -0.15) is 4.39 Å². The molecule has 0 radical (unpaired) electrons. The molecular weight excluding hydrogens is 401 g/mol. The molecule has 150 valence electrons. The Balaban J connectivity index is 0.00000136. The van der Waals surface area contributed by atoms with Crippen molar-refractivity contribution in [2.24, 2.45) is 0 Å². The molecule has 0 spiro atoms. The Kier molecular flexibility index (Phi) is 11.4. The number of aromatic amines is 1. The number of halogens is 2. The van der Waals surface area contributed by atoms with Crippen molar-refractivity contribution in [3.63, 3.8) is 0 Å². The van der Waals surface area contributed by atoms with E-state index in [0.29, 0.717) is 34.8 Å². The average Bonchev–Trinajstić information content (AvgIpc) is 3.12. The summed E-state index contributed by atoms with van der Waals surface area (Å²) in [5.74, 6) is 0.0781. The Bertz CT molecular complexity index is 876. The van der Waals surface area contributed by atoms with E-state index >= 15 is 0 Å². The normalized spacial score (nSPS) is 12.3. The average molecular weight is 427 g/mol. The van der Waals surface area contributed by atoms with Crippen molar-refractivity contribution < 1.29 is 60.2 Å². The van der Waals surface area contributed by atoms with Crippen LogP contribution < -0.4 is 62.0 Å². The summed E-state index contributed by atoms with van der Waals surface area (Å²) in [7, 11) is 1.63. The zero-order valence-electron chi connectivity index (χ0n) is 17.2. The summed E-state index contributed by atoms with van der Waals surface area (Å²) in [6.45, 7) is 4.39. The molecule has 2 aromatic heterocycles. The van der Waals surface area contributed by atoms with E-state index in [1.807, 2.05) is 13.8 Å². The maximum absolute atomic E-state index is 14.4. The molecule has 3 rings (SSSR count). The van der Waals surface area contributed by atoms with E-state index in [2.05, 4.69) is 25.9 Å². The molecule has 0 bridgehead atoms. The number of hydrogen-bond acceptors (Lipinski definition) is 4. The summed E-state index contributed by atoms with van der Waals surface area (Å²) in [6, 6.07) is 3.29. The van der Waals surface area contributed by atoms with E-state index < -0.39 is 5.95 Å². The van der Waals surface area contributed by atoms with Crippen molar-refractivity contribution in [2.45, 2.75) is 20.3 Å². The quantitative estimate of drug-likeness (QED) is 0.308. The zero-order chi connectivity index (χ0) is 20.5. The Morgan fingerprint density at radius 3 is 2.66 bits per heavy atom. The monoisotopic (exact) mass is 426 g/mol. The Morgan fingerprint density at radius 2 is 2.03 bits per heavy atom. The fourth-order valence-corrected chi connectivity index (χ4v) is 2.71. The molecule has 2 aromatic rings. The van der Waals surface area contributed by atoms with Crippen molar-refractivity contribution >= 4 is 17.9 Å². The molecule has 6 nitrogen and oxygen atoms in total. The van der Waals surface area contributed by atoms with Crippen molar-refractivity contribution in [1.82, 2.24) is 15.3 Å². The molecule has 0 fully saturated rings. The summed E-state index contributed by atoms with van der Waals surface area (Å²) in [5.41, 5.74) is 2.32. The van der Waals surface area contributed by atoms with Gasteiger partial charge in [0, 0.05) is 30.3 Å². The molecule has 4 N–H and O–H groups in total. The van der Waals surface area contributed by atoms with Crippen LogP contribution in [-0.2, 0) is 6.42 Å². The van der Waals surface area contributed by atoms with Crippen LogP contribution in [0.1, 0.15) is 30.5 Å². The summed E-state index contributed by atoms with van der Waals surface area (Å²) in [6.07, 6.45) is 6.52. The number of H-pyrrole nitrogens is 1. The summed E-state index contributed by atoms with van der Waals surface area (Å²) < 4.78 is 28.0. The zero-order valence-corrected chi connectivity index (χ0v) is 20.4. The van der Waals surface area contributed by atoms with Crippen molar-refractivity contribution in [2.75, 3.05) is 25.5 Å². The molecule has 0 atom stereocenters. The molecule has 0 aliphatic carbocycles. The van der Waals surface area contributed by atoms with E-state index in [1.165, 1.54) is 6.21 Å². The number of hydrogen-bond donors (Lipinski definition) is 4. The first kappa shape index (κ1) is 25.5. The predicted octanol–water partition coefficient (Wildman–Crippen LogP) is 1.55. The third-order valence-corrected chi connectivity index (χ3v) is 4.13. The first-order valence-corrected chi connectivity index (χ1v) is 9.09. The fourth-order valence-electron chi connectivity index (χ4n) is 2.71. The molecule has 0 aromatic carbocycles. The minimum Gasteiger partial charge on any atom is -0.469 e. The second kappa shape index (κ2) is 12.9. The summed E-state index contributed by atoms with van der Waals surface area (Å²) >= 11 is 0. The molecule has 3 heterocycles. The fraction of sp³-hybridized carbons (Fsp3) is 0.300. The number of dihydropyridines is 1. The van der Waals surface area contributed by atoms with Gasteiger partial charge in [-0.25, -0.2) is 9.37 Å². The van der Waals surface area contributed by atoms with Crippen LogP contribution in [0.5, 0.6) is 0 Å². The minimum atomic E-state index is -0.600. The van der Waals surface area contributed by atoms with Crippen LogP contribution in [0, 0.1) is 11.4 Å². The number of nitrogens with one attached hydrogen (secondary N) is 4. The van der Waals surface area contributed by atoms with E-state index in [0.717, 1.165) is 5.56 Å². The minimum absolute atomic E-state index is 0. The van der Waals surface area contributed by atoms with Gasteiger partial charge < -0.3 is 26.3 Å². The smallest absolute Gasteiger partial charge is 0.469 e. The number of rotatable bonds is 7. The van der Waals surface area contributed by atoms with Gasteiger partial charge in [-0.3, -0.25) is 0 Å². The molecule has 29 heavy (non-hydrogen) atoms. The van der Waals surface area contributed by atoms with Gasteiger partial charge in [0.1, 0.15) is 11.6 Å². The predicted molar refractivity (Wildman–Crippen MR) is 110 cm³/mol. The topological polar surface area (TPSA) is 90.7 Å². The Labute approximate surface area is 212 Å². The van der Waals surface area contributed by atoms with Gasteiger partial charge in [0.05, 0.1) is 6.54 Å². The van der Waals surface area contributed by atoms with Crippen molar-refractivity contribution in [1.29, 1.82) is 5.41 Å². The van der Waals surface area contributed by atoms with Gasteiger partial charge in [-0.1, -0.05) is 39.0 Å². The van der Waals surface area contributed by atoms with E-state index in [1.54, 1.807) is 37.7 Å². The number of pyridine rings is 1. The van der Waals surface area contributed by atoms with Gasteiger partial charge in [-0.05, 0) is 29.5 Å². The van der Waals surface area contributed by atoms with Gasteiger partial charge >= 0.3 is 51.4 Å². The van der Waals surface area contributed by atoms with Crippen LogP contribution in [0.3, 0.4) is 0 Å². The van der Waals surface area contributed by atoms with Gasteiger partial charge in [-0.15, -0.1) is 0 Å². The molecular formula is C20H25F2KN6.